The predicted molar refractivity (Wildman–Crippen MR) is 140 cm³/mol. The number of hydrogen-bond donors (Lipinski definition) is 0. The Kier molecular flexibility index (Phi) is 5.26. The average molecular weight is 471 g/mol. The van der Waals surface area contributed by atoms with Gasteiger partial charge in [0, 0.05) is 10.9 Å². The van der Waals surface area contributed by atoms with Gasteiger partial charge in [-0.05, 0) is 55.8 Å². The van der Waals surface area contributed by atoms with E-state index in [1.807, 2.05) is 98.8 Å². The van der Waals surface area contributed by atoms with Crippen molar-refractivity contribution < 1.29 is 9.53 Å². The number of fused-ring (bicyclic) bond motifs is 2. The van der Waals surface area contributed by atoms with E-state index < -0.39 is 5.97 Å². The van der Waals surface area contributed by atoms with Gasteiger partial charge < -0.3 is 4.74 Å². The van der Waals surface area contributed by atoms with E-state index in [1.165, 1.54) is 4.80 Å². The van der Waals surface area contributed by atoms with Gasteiger partial charge in [-0.1, -0.05) is 66.2 Å². The SMILES string of the molecule is Cc1ccc(-c2cc(C(=O)Oc3ccc(C)cc3-n3nc4ccccc4n3)c3ccccc3n2)cc1. The molecule has 0 atom stereocenters. The van der Waals surface area contributed by atoms with E-state index >= 15 is 0 Å². The van der Waals surface area contributed by atoms with Crippen molar-refractivity contribution in [3.05, 3.63) is 114 Å². The highest BCUT2D eigenvalue weighted by atomic mass is 16.5. The zero-order chi connectivity index (χ0) is 24.6. The van der Waals surface area contributed by atoms with Crippen molar-refractivity contribution in [3.63, 3.8) is 0 Å². The van der Waals surface area contributed by atoms with E-state index in [2.05, 4.69) is 10.2 Å². The van der Waals surface area contributed by atoms with Gasteiger partial charge >= 0.3 is 5.97 Å². The molecule has 0 aliphatic rings. The molecule has 0 saturated carbocycles. The first kappa shape index (κ1) is 21.7. The maximum Gasteiger partial charge on any atom is 0.344 e. The summed E-state index contributed by atoms with van der Waals surface area (Å²) in [5, 5.41) is 9.89. The molecule has 4 aromatic carbocycles. The van der Waals surface area contributed by atoms with Gasteiger partial charge in [-0.25, -0.2) is 9.78 Å². The second-order valence-corrected chi connectivity index (χ2v) is 8.78. The van der Waals surface area contributed by atoms with Gasteiger partial charge in [-0.15, -0.1) is 15.0 Å². The Morgan fingerprint density at radius 3 is 2.08 bits per heavy atom. The average Bonchev–Trinajstić information content (AvgIpc) is 3.34. The highest BCUT2D eigenvalue weighted by molar-refractivity contribution is 6.05. The molecule has 174 valence electrons. The second-order valence-electron chi connectivity index (χ2n) is 8.78. The summed E-state index contributed by atoms with van der Waals surface area (Å²) in [6, 6.07) is 30.7. The first-order valence-corrected chi connectivity index (χ1v) is 11.7. The first-order valence-electron chi connectivity index (χ1n) is 11.7. The minimum absolute atomic E-state index is 0.378. The lowest BCUT2D eigenvalue weighted by Gasteiger charge is -2.13. The molecule has 0 aliphatic heterocycles. The fourth-order valence-electron chi connectivity index (χ4n) is 4.21. The zero-order valence-corrected chi connectivity index (χ0v) is 19.8. The molecule has 0 aliphatic carbocycles. The number of pyridine rings is 1. The van der Waals surface area contributed by atoms with Crippen molar-refractivity contribution in [1.82, 2.24) is 20.0 Å². The molecule has 0 spiro atoms. The number of nitrogens with zero attached hydrogens (tertiary/aromatic N) is 4. The second kappa shape index (κ2) is 8.74. The molecule has 6 nitrogen and oxygen atoms in total. The molecule has 36 heavy (non-hydrogen) atoms. The third-order valence-corrected chi connectivity index (χ3v) is 6.10. The lowest BCUT2D eigenvalue weighted by Crippen LogP contribution is -2.12. The Labute approximate surface area is 207 Å². The fraction of sp³-hybridized carbons (Fsp3) is 0.0667. The van der Waals surface area contributed by atoms with Crippen molar-refractivity contribution in [1.29, 1.82) is 0 Å². The number of aryl methyl sites for hydroxylation is 2. The third-order valence-electron chi connectivity index (χ3n) is 6.10. The monoisotopic (exact) mass is 470 g/mol. The van der Waals surface area contributed by atoms with Crippen LogP contribution >= 0.6 is 0 Å². The van der Waals surface area contributed by atoms with Gasteiger partial charge in [-0.3, -0.25) is 0 Å². The van der Waals surface area contributed by atoms with Crippen LogP contribution in [0.5, 0.6) is 5.75 Å². The van der Waals surface area contributed by atoms with Gasteiger partial charge in [0.25, 0.3) is 0 Å². The summed E-state index contributed by atoms with van der Waals surface area (Å²) in [4.78, 5) is 19.9. The van der Waals surface area contributed by atoms with Crippen molar-refractivity contribution in [3.8, 4) is 22.7 Å². The van der Waals surface area contributed by atoms with E-state index in [-0.39, 0.29) is 0 Å². The standard InChI is InChI=1S/C30H22N4O2/c1-19-11-14-21(15-12-19)27-18-23(22-7-3-4-8-24(22)31-27)30(35)36-29-16-13-20(2)17-28(29)34-32-25-9-5-6-10-26(25)33-34/h3-18H,1-2H3. The topological polar surface area (TPSA) is 69.9 Å². The number of rotatable bonds is 4. The summed E-state index contributed by atoms with van der Waals surface area (Å²) in [5.74, 6) is -0.0903. The van der Waals surface area contributed by atoms with E-state index in [9.17, 15) is 4.79 Å². The number of para-hydroxylation sites is 1. The number of hydrogen-bond acceptors (Lipinski definition) is 5. The third kappa shape index (κ3) is 3.99. The molecular weight excluding hydrogens is 448 g/mol. The van der Waals surface area contributed by atoms with Crippen LogP contribution < -0.4 is 4.74 Å². The molecule has 0 fully saturated rings. The summed E-state index contributed by atoms with van der Waals surface area (Å²) in [7, 11) is 0. The number of benzene rings is 4. The number of esters is 1. The van der Waals surface area contributed by atoms with Gasteiger partial charge in [0.2, 0.25) is 0 Å². The Hall–Kier alpha value is -4.84. The van der Waals surface area contributed by atoms with Crippen LogP contribution in [0.2, 0.25) is 0 Å². The normalized spacial score (nSPS) is 11.2. The summed E-state index contributed by atoms with van der Waals surface area (Å²) in [5.41, 5.74) is 7.10. The van der Waals surface area contributed by atoms with Gasteiger partial charge in [0.15, 0.2) is 5.75 Å². The van der Waals surface area contributed by atoms with Crippen LogP contribution in [-0.4, -0.2) is 25.9 Å². The van der Waals surface area contributed by atoms with Crippen LogP contribution in [-0.2, 0) is 0 Å². The number of carbonyl (C=O) groups is 1. The molecule has 6 rings (SSSR count). The zero-order valence-electron chi connectivity index (χ0n) is 19.8. The van der Waals surface area contributed by atoms with Crippen molar-refractivity contribution in [2.45, 2.75) is 13.8 Å². The molecule has 2 heterocycles. The van der Waals surface area contributed by atoms with E-state index in [1.54, 1.807) is 12.1 Å². The van der Waals surface area contributed by atoms with E-state index in [0.717, 1.165) is 38.6 Å². The lowest BCUT2D eigenvalue weighted by atomic mass is 10.0. The number of carbonyl (C=O) groups excluding carboxylic acids is 1. The smallest absolute Gasteiger partial charge is 0.344 e. The van der Waals surface area contributed by atoms with Crippen LogP contribution in [0.3, 0.4) is 0 Å². The van der Waals surface area contributed by atoms with Crippen LogP contribution in [0.4, 0.5) is 0 Å². The molecule has 6 heteroatoms. The number of ether oxygens (including phenoxy) is 1. The molecule has 6 aromatic rings. The maximum atomic E-state index is 13.6. The fourth-order valence-corrected chi connectivity index (χ4v) is 4.21. The predicted octanol–water partition coefficient (Wildman–Crippen LogP) is 6.47. The quantitative estimate of drug-likeness (QED) is 0.218. The highest BCUT2D eigenvalue weighted by Gasteiger charge is 2.19. The first-order chi connectivity index (χ1) is 17.5. The number of aromatic nitrogens is 4. The Morgan fingerprint density at radius 2 is 1.36 bits per heavy atom. The molecule has 0 unspecified atom stereocenters. The van der Waals surface area contributed by atoms with E-state index in [4.69, 9.17) is 9.72 Å². The molecule has 0 amide bonds. The van der Waals surface area contributed by atoms with E-state index in [0.29, 0.717) is 22.7 Å². The van der Waals surface area contributed by atoms with Gasteiger partial charge in [0.05, 0.1) is 16.8 Å². The lowest BCUT2D eigenvalue weighted by molar-refractivity contribution is 0.0736. The van der Waals surface area contributed by atoms with Crippen LogP contribution in [0.1, 0.15) is 21.5 Å². The van der Waals surface area contributed by atoms with Gasteiger partial charge in [-0.2, -0.15) is 0 Å². The molecule has 2 aromatic heterocycles. The van der Waals surface area contributed by atoms with Crippen molar-refractivity contribution in [2.24, 2.45) is 0 Å². The van der Waals surface area contributed by atoms with Gasteiger partial charge in [0.1, 0.15) is 16.7 Å². The summed E-state index contributed by atoms with van der Waals surface area (Å²) < 4.78 is 5.99. The van der Waals surface area contributed by atoms with Crippen LogP contribution in [0.15, 0.2) is 97.1 Å². The molecule has 0 radical (unpaired) electrons. The highest BCUT2D eigenvalue weighted by Crippen LogP contribution is 2.29. The van der Waals surface area contributed by atoms with Crippen molar-refractivity contribution >= 4 is 27.9 Å². The molecule has 0 saturated heterocycles. The van der Waals surface area contributed by atoms with Crippen LogP contribution in [0.25, 0.3) is 38.9 Å². The van der Waals surface area contributed by atoms with Crippen LogP contribution in [0, 0.1) is 13.8 Å². The Balaban J connectivity index is 1.43. The maximum absolute atomic E-state index is 13.6. The minimum Gasteiger partial charge on any atom is -0.421 e. The minimum atomic E-state index is -0.469. The molecule has 0 bridgehead atoms. The Morgan fingerprint density at radius 1 is 0.722 bits per heavy atom. The summed E-state index contributed by atoms with van der Waals surface area (Å²) in [6.07, 6.45) is 0. The Bertz CT molecular complexity index is 1720. The largest absolute Gasteiger partial charge is 0.421 e. The molecule has 0 N–H and O–H groups in total. The van der Waals surface area contributed by atoms with Crippen molar-refractivity contribution in [2.75, 3.05) is 0 Å². The summed E-state index contributed by atoms with van der Waals surface area (Å²) >= 11 is 0. The molecular formula is C30H22N4O2. The summed E-state index contributed by atoms with van der Waals surface area (Å²) in [6.45, 7) is 4.01.